The van der Waals surface area contributed by atoms with Crippen LogP contribution in [0.1, 0.15) is 24.8 Å². The Balaban J connectivity index is 2.60. The van der Waals surface area contributed by atoms with E-state index in [4.69, 9.17) is 9.84 Å². The number of sulfonamides is 1. The van der Waals surface area contributed by atoms with Gasteiger partial charge < -0.3 is 9.84 Å². The second kappa shape index (κ2) is 8.74. The Morgan fingerprint density at radius 2 is 2.05 bits per heavy atom. The summed E-state index contributed by atoms with van der Waals surface area (Å²) in [5.74, 6) is 0. The minimum absolute atomic E-state index is 0.154. The van der Waals surface area contributed by atoms with Crippen molar-refractivity contribution < 1.29 is 18.3 Å². The molecule has 0 spiro atoms. The van der Waals surface area contributed by atoms with Crippen LogP contribution >= 0.6 is 15.9 Å². The molecule has 0 aliphatic heterocycles. The van der Waals surface area contributed by atoms with Crippen LogP contribution in [0.3, 0.4) is 0 Å². The summed E-state index contributed by atoms with van der Waals surface area (Å²) in [7, 11) is -1.91. The smallest absolute Gasteiger partial charge is 0.241 e. The third-order valence-electron chi connectivity index (χ3n) is 2.79. The van der Waals surface area contributed by atoms with E-state index < -0.39 is 10.0 Å². The highest BCUT2D eigenvalue weighted by atomic mass is 79.9. The molecule has 114 valence electrons. The first kappa shape index (κ1) is 17.6. The fraction of sp³-hybridized carbons (Fsp3) is 0.538. The van der Waals surface area contributed by atoms with E-state index in [9.17, 15) is 8.42 Å². The molecular formula is C13H20BrNO4S. The maximum Gasteiger partial charge on any atom is 0.241 e. The highest BCUT2D eigenvalue weighted by Crippen LogP contribution is 2.23. The summed E-state index contributed by atoms with van der Waals surface area (Å²) < 4.78 is 32.3. The third kappa shape index (κ3) is 5.49. The average Bonchev–Trinajstić information content (AvgIpc) is 2.43. The van der Waals surface area contributed by atoms with Crippen molar-refractivity contribution in [1.82, 2.24) is 4.72 Å². The Hall–Kier alpha value is -0.470. The SMILES string of the molecule is COCCCCCNS(=O)(=O)c1cc(CO)ccc1Br. The molecule has 1 rings (SSSR count). The number of methoxy groups -OCH3 is 1. The minimum Gasteiger partial charge on any atom is -0.392 e. The summed E-state index contributed by atoms with van der Waals surface area (Å²) in [5, 5.41) is 9.07. The number of benzene rings is 1. The second-order valence-corrected chi connectivity index (χ2v) is 6.96. The first-order valence-corrected chi connectivity index (χ1v) is 8.67. The fourth-order valence-corrected chi connectivity index (χ4v) is 3.77. The molecule has 0 saturated carbocycles. The molecule has 2 N–H and O–H groups in total. The van der Waals surface area contributed by atoms with Gasteiger partial charge in [0.1, 0.15) is 0 Å². The fourth-order valence-electron chi connectivity index (χ4n) is 1.68. The normalized spacial score (nSPS) is 11.8. The summed E-state index contributed by atoms with van der Waals surface area (Å²) in [6, 6.07) is 4.77. The number of rotatable bonds is 9. The number of hydrogen-bond acceptors (Lipinski definition) is 4. The standard InChI is InChI=1S/C13H20BrNO4S/c1-19-8-4-2-3-7-15-20(17,18)13-9-11(10-16)5-6-12(13)14/h5-6,9,15-16H,2-4,7-8,10H2,1H3. The Morgan fingerprint density at radius 1 is 1.30 bits per heavy atom. The molecule has 0 bridgehead atoms. The number of hydrogen-bond donors (Lipinski definition) is 2. The molecule has 1 aromatic rings. The van der Waals surface area contributed by atoms with Crippen molar-refractivity contribution in [2.24, 2.45) is 0 Å². The number of halogens is 1. The van der Waals surface area contributed by atoms with Crippen LogP contribution in [0, 0.1) is 0 Å². The molecule has 0 heterocycles. The van der Waals surface area contributed by atoms with E-state index in [-0.39, 0.29) is 11.5 Å². The van der Waals surface area contributed by atoms with Crippen LogP contribution in [0.15, 0.2) is 27.6 Å². The van der Waals surface area contributed by atoms with Gasteiger partial charge >= 0.3 is 0 Å². The highest BCUT2D eigenvalue weighted by Gasteiger charge is 2.17. The van der Waals surface area contributed by atoms with E-state index in [1.165, 1.54) is 6.07 Å². The molecule has 0 fully saturated rings. The van der Waals surface area contributed by atoms with Gasteiger partial charge in [-0.3, -0.25) is 0 Å². The number of ether oxygens (including phenoxy) is 1. The zero-order chi connectivity index (χ0) is 15.0. The lowest BCUT2D eigenvalue weighted by Crippen LogP contribution is -2.25. The lowest BCUT2D eigenvalue weighted by Gasteiger charge is -2.09. The predicted octanol–water partition coefficient (Wildman–Crippen LogP) is 2.04. The van der Waals surface area contributed by atoms with Crippen molar-refractivity contribution in [3.05, 3.63) is 28.2 Å². The quantitative estimate of drug-likeness (QED) is 0.656. The lowest BCUT2D eigenvalue weighted by molar-refractivity contribution is 0.192. The van der Waals surface area contributed by atoms with E-state index in [0.717, 1.165) is 19.3 Å². The predicted molar refractivity (Wildman–Crippen MR) is 81.0 cm³/mol. The van der Waals surface area contributed by atoms with Gasteiger partial charge in [-0.25, -0.2) is 13.1 Å². The van der Waals surface area contributed by atoms with Crippen molar-refractivity contribution >= 4 is 26.0 Å². The summed E-state index contributed by atoms with van der Waals surface area (Å²) in [6.07, 6.45) is 2.59. The van der Waals surface area contributed by atoms with E-state index in [1.807, 2.05) is 0 Å². The van der Waals surface area contributed by atoms with Crippen molar-refractivity contribution in [1.29, 1.82) is 0 Å². The molecule has 20 heavy (non-hydrogen) atoms. The van der Waals surface area contributed by atoms with Gasteiger partial charge in [0.05, 0.1) is 11.5 Å². The number of nitrogens with one attached hydrogen (secondary N) is 1. The Kier molecular flexibility index (Phi) is 7.68. The minimum atomic E-state index is -3.56. The van der Waals surface area contributed by atoms with Gasteiger partial charge in [-0.15, -0.1) is 0 Å². The van der Waals surface area contributed by atoms with Gasteiger partial charge in [0.15, 0.2) is 0 Å². The number of unbranched alkanes of at least 4 members (excludes halogenated alkanes) is 2. The summed E-state index contributed by atoms with van der Waals surface area (Å²) in [5.41, 5.74) is 0.564. The topological polar surface area (TPSA) is 75.6 Å². The molecule has 0 saturated heterocycles. The molecule has 0 radical (unpaired) electrons. The zero-order valence-corrected chi connectivity index (χ0v) is 13.8. The average molecular weight is 366 g/mol. The molecule has 0 atom stereocenters. The van der Waals surface area contributed by atoms with E-state index >= 15 is 0 Å². The molecule has 7 heteroatoms. The molecule has 0 amide bonds. The van der Waals surface area contributed by atoms with Crippen molar-refractivity contribution in [2.75, 3.05) is 20.3 Å². The Labute approximate surface area is 128 Å². The van der Waals surface area contributed by atoms with Gasteiger partial charge in [-0.2, -0.15) is 0 Å². The van der Waals surface area contributed by atoms with Crippen LogP contribution in [-0.4, -0.2) is 33.8 Å². The van der Waals surface area contributed by atoms with Crippen LogP contribution in [0.4, 0.5) is 0 Å². The Morgan fingerprint density at radius 3 is 2.70 bits per heavy atom. The maximum atomic E-state index is 12.2. The molecule has 0 aromatic heterocycles. The maximum absolute atomic E-state index is 12.2. The lowest BCUT2D eigenvalue weighted by atomic mass is 10.2. The van der Waals surface area contributed by atoms with E-state index in [2.05, 4.69) is 20.7 Å². The molecule has 5 nitrogen and oxygen atoms in total. The second-order valence-electron chi connectivity index (χ2n) is 4.37. The number of aliphatic hydroxyl groups excluding tert-OH is 1. The van der Waals surface area contributed by atoms with Crippen LogP contribution < -0.4 is 4.72 Å². The number of aliphatic hydroxyl groups is 1. The molecule has 0 unspecified atom stereocenters. The van der Waals surface area contributed by atoms with Gasteiger partial charge in [-0.1, -0.05) is 6.07 Å². The van der Waals surface area contributed by atoms with Crippen LogP contribution in [0.25, 0.3) is 0 Å². The van der Waals surface area contributed by atoms with Crippen LogP contribution in [0.2, 0.25) is 0 Å². The molecular weight excluding hydrogens is 346 g/mol. The van der Waals surface area contributed by atoms with Crippen molar-refractivity contribution in [2.45, 2.75) is 30.8 Å². The first-order valence-electron chi connectivity index (χ1n) is 6.39. The van der Waals surface area contributed by atoms with Gasteiger partial charge in [0.2, 0.25) is 10.0 Å². The third-order valence-corrected chi connectivity index (χ3v) is 5.24. The highest BCUT2D eigenvalue weighted by molar-refractivity contribution is 9.10. The molecule has 1 aromatic carbocycles. The van der Waals surface area contributed by atoms with Crippen LogP contribution in [0.5, 0.6) is 0 Å². The molecule has 0 aliphatic carbocycles. The van der Waals surface area contributed by atoms with Gasteiger partial charge in [-0.05, 0) is 52.9 Å². The van der Waals surface area contributed by atoms with Gasteiger partial charge in [0.25, 0.3) is 0 Å². The monoisotopic (exact) mass is 365 g/mol. The van der Waals surface area contributed by atoms with Crippen LogP contribution in [-0.2, 0) is 21.4 Å². The summed E-state index contributed by atoms with van der Waals surface area (Å²) >= 11 is 3.22. The van der Waals surface area contributed by atoms with Crippen molar-refractivity contribution in [3.63, 3.8) is 0 Å². The zero-order valence-electron chi connectivity index (χ0n) is 11.4. The van der Waals surface area contributed by atoms with Gasteiger partial charge in [0, 0.05) is 24.7 Å². The Bertz CT molecular complexity index is 519. The first-order chi connectivity index (χ1) is 9.51. The molecule has 0 aliphatic rings. The summed E-state index contributed by atoms with van der Waals surface area (Å²) in [4.78, 5) is 0.154. The van der Waals surface area contributed by atoms with Crippen molar-refractivity contribution in [3.8, 4) is 0 Å². The van der Waals surface area contributed by atoms with E-state index in [1.54, 1.807) is 19.2 Å². The summed E-state index contributed by atoms with van der Waals surface area (Å²) in [6.45, 7) is 0.894. The van der Waals surface area contributed by atoms with E-state index in [0.29, 0.717) is 23.2 Å². The largest absolute Gasteiger partial charge is 0.392 e.